The summed E-state index contributed by atoms with van der Waals surface area (Å²) in [6.07, 6.45) is 1.42. The van der Waals surface area contributed by atoms with Crippen LogP contribution in [0.1, 0.15) is 19.8 Å². The predicted molar refractivity (Wildman–Crippen MR) is 70.2 cm³/mol. The highest BCUT2D eigenvalue weighted by Gasteiger charge is 2.29. The molecule has 2 rings (SSSR count). The molecule has 0 spiro atoms. The number of ether oxygens (including phenoxy) is 1. The zero-order chi connectivity index (χ0) is 14.7. The summed E-state index contributed by atoms with van der Waals surface area (Å²) in [6, 6.07) is 3.11. The third kappa shape index (κ3) is 3.90. The highest BCUT2D eigenvalue weighted by molar-refractivity contribution is 5.80. The van der Waals surface area contributed by atoms with Gasteiger partial charge in [-0.15, -0.1) is 0 Å². The van der Waals surface area contributed by atoms with E-state index in [0.29, 0.717) is 12.5 Å². The fourth-order valence-corrected chi connectivity index (χ4v) is 1.86. The van der Waals surface area contributed by atoms with E-state index in [1.165, 1.54) is 6.07 Å². The number of hydrogen-bond acceptors (Lipinski definition) is 3. The molecule has 0 heterocycles. The minimum absolute atomic E-state index is 0.0329. The maximum absolute atomic E-state index is 13.0. The monoisotopic (exact) mass is 284 g/mol. The molecule has 0 aliphatic heterocycles. The molecule has 3 N–H and O–H groups in total. The van der Waals surface area contributed by atoms with Crippen molar-refractivity contribution < 1.29 is 18.3 Å². The molecule has 2 unspecified atom stereocenters. The van der Waals surface area contributed by atoms with Gasteiger partial charge in [0.2, 0.25) is 0 Å². The maximum Gasteiger partial charge on any atom is 0.260 e. The standard InChI is InChI=1S/C14H18F2N2O2/c1-8(14(19)18-7-13(17)9-2-3-9)20-10-4-5-11(15)12(16)6-10/h4-6,8-9,13H,2-3,7,17H2,1H3,(H,18,19). The van der Waals surface area contributed by atoms with E-state index in [9.17, 15) is 13.6 Å². The average molecular weight is 284 g/mol. The Labute approximate surface area is 116 Å². The molecule has 0 bridgehead atoms. The normalized spacial score (nSPS) is 17.4. The van der Waals surface area contributed by atoms with Crippen LogP contribution < -0.4 is 15.8 Å². The maximum atomic E-state index is 13.0. The highest BCUT2D eigenvalue weighted by Crippen LogP contribution is 2.31. The molecule has 0 radical (unpaired) electrons. The van der Waals surface area contributed by atoms with Crippen LogP contribution in [0, 0.1) is 17.6 Å². The Morgan fingerprint density at radius 3 is 2.75 bits per heavy atom. The van der Waals surface area contributed by atoms with Gasteiger partial charge in [-0.25, -0.2) is 8.78 Å². The third-order valence-electron chi connectivity index (χ3n) is 3.31. The Kier molecular flexibility index (Phi) is 4.54. The van der Waals surface area contributed by atoms with Crippen molar-refractivity contribution in [2.75, 3.05) is 6.54 Å². The van der Waals surface area contributed by atoms with Gasteiger partial charge in [-0.3, -0.25) is 4.79 Å². The molecule has 1 saturated carbocycles. The fourth-order valence-electron chi connectivity index (χ4n) is 1.86. The second kappa shape index (κ2) is 6.17. The van der Waals surface area contributed by atoms with E-state index in [4.69, 9.17) is 10.5 Å². The van der Waals surface area contributed by atoms with Gasteiger partial charge in [0.1, 0.15) is 5.75 Å². The first-order valence-electron chi connectivity index (χ1n) is 6.62. The molecule has 1 aliphatic carbocycles. The molecule has 1 aliphatic rings. The van der Waals surface area contributed by atoms with Crippen molar-refractivity contribution in [1.82, 2.24) is 5.32 Å². The van der Waals surface area contributed by atoms with Crippen LogP contribution in [0.25, 0.3) is 0 Å². The Hall–Kier alpha value is -1.69. The Bertz CT molecular complexity index is 492. The summed E-state index contributed by atoms with van der Waals surface area (Å²) in [6.45, 7) is 1.94. The van der Waals surface area contributed by atoms with Gasteiger partial charge in [0.15, 0.2) is 17.7 Å². The van der Waals surface area contributed by atoms with Crippen LogP contribution in [0.3, 0.4) is 0 Å². The van der Waals surface area contributed by atoms with Gasteiger partial charge in [0, 0.05) is 18.7 Å². The van der Waals surface area contributed by atoms with E-state index >= 15 is 0 Å². The van der Waals surface area contributed by atoms with Gasteiger partial charge in [0.05, 0.1) is 0 Å². The molecule has 20 heavy (non-hydrogen) atoms. The average Bonchev–Trinajstić information content (AvgIpc) is 3.24. The zero-order valence-electron chi connectivity index (χ0n) is 11.2. The van der Waals surface area contributed by atoms with E-state index in [0.717, 1.165) is 25.0 Å². The summed E-state index contributed by atoms with van der Waals surface area (Å²) in [5.41, 5.74) is 5.87. The van der Waals surface area contributed by atoms with Crippen molar-refractivity contribution in [2.24, 2.45) is 11.7 Å². The molecule has 0 saturated heterocycles. The lowest BCUT2D eigenvalue weighted by molar-refractivity contribution is -0.127. The SMILES string of the molecule is CC(Oc1ccc(F)c(F)c1)C(=O)NCC(N)C1CC1. The molecule has 2 atom stereocenters. The Morgan fingerprint density at radius 1 is 1.45 bits per heavy atom. The molecule has 1 aromatic rings. The number of amides is 1. The first-order chi connectivity index (χ1) is 9.47. The van der Waals surface area contributed by atoms with Crippen LogP contribution in [-0.2, 0) is 4.79 Å². The Morgan fingerprint density at radius 2 is 2.15 bits per heavy atom. The first kappa shape index (κ1) is 14.7. The van der Waals surface area contributed by atoms with Crippen molar-refractivity contribution in [3.8, 4) is 5.75 Å². The summed E-state index contributed by atoms with van der Waals surface area (Å²) in [5.74, 6) is -1.68. The summed E-state index contributed by atoms with van der Waals surface area (Å²) in [7, 11) is 0. The summed E-state index contributed by atoms with van der Waals surface area (Å²) in [5, 5.41) is 2.69. The van der Waals surface area contributed by atoms with E-state index < -0.39 is 17.7 Å². The molecular formula is C14H18F2N2O2. The van der Waals surface area contributed by atoms with Gasteiger partial charge >= 0.3 is 0 Å². The van der Waals surface area contributed by atoms with E-state index in [1.807, 2.05) is 0 Å². The topological polar surface area (TPSA) is 64.3 Å². The van der Waals surface area contributed by atoms with Gasteiger partial charge in [0.25, 0.3) is 5.91 Å². The highest BCUT2D eigenvalue weighted by atomic mass is 19.2. The smallest absolute Gasteiger partial charge is 0.260 e. The van der Waals surface area contributed by atoms with Crippen molar-refractivity contribution in [3.05, 3.63) is 29.8 Å². The molecule has 4 nitrogen and oxygen atoms in total. The van der Waals surface area contributed by atoms with Crippen molar-refractivity contribution in [3.63, 3.8) is 0 Å². The number of rotatable bonds is 6. The molecule has 1 amide bonds. The van der Waals surface area contributed by atoms with Gasteiger partial charge in [-0.05, 0) is 37.8 Å². The number of carbonyl (C=O) groups is 1. The predicted octanol–water partition coefficient (Wildman–Crippen LogP) is 1.59. The molecule has 0 aromatic heterocycles. The first-order valence-corrected chi connectivity index (χ1v) is 6.62. The second-order valence-electron chi connectivity index (χ2n) is 5.08. The van der Waals surface area contributed by atoms with Gasteiger partial charge in [-0.1, -0.05) is 0 Å². The van der Waals surface area contributed by atoms with Crippen LogP contribution in [-0.4, -0.2) is 24.6 Å². The third-order valence-corrected chi connectivity index (χ3v) is 3.31. The molecule has 1 fully saturated rings. The Balaban J connectivity index is 1.81. The van der Waals surface area contributed by atoms with E-state index in [2.05, 4.69) is 5.32 Å². The quantitative estimate of drug-likeness (QED) is 0.833. The second-order valence-corrected chi connectivity index (χ2v) is 5.08. The lowest BCUT2D eigenvalue weighted by atomic mass is 10.2. The summed E-state index contributed by atoms with van der Waals surface area (Å²) < 4.78 is 31.0. The summed E-state index contributed by atoms with van der Waals surface area (Å²) >= 11 is 0. The van der Waals surface area contributed by atoms with Crippen LogP contribution in [0.2, 0.25) is 0 Å². The lowest BCUT2D eigenvalue weighted by Gasteiger charge is -2.17. The minimum Gasteiger partial charge on any atom is -0.481 e. The number of nitrogens with two attached hydrogens (primary N) is 1. The number of benzene rings is 1. The number of halogens is 2. The molecular weight excluding hydrogens is 266 g/mol. The number of carbonyl (C=O) groups excluding carboxylic acids is 1. The lowest BCUT2D eigenvalue weighted by Crippen LogP contribution is -2.43. The largest absolute Gasteiger partial charge is 0.481 e. The van der Waals surface area contributed by atoms with Gasteiger partial charge < -0.3 is 15.8 Å². The van der Waals surface area contributed by atoms with Crippen molar-refractivity contribution >= 4 is 5.91 Å². The zero-order valence-corrected chi connectivity index (χ0v) is 11.2. The van der Waals surface area contributed by atoms with Crippen LogP contribution >= 0.6 is 0 Å². The van der Waals surface area contributed by atoms with Crippen LogP contribution in [0.4, 0.5) is 8.78 Å². The fraction of sp³-hybridized carbons (Fsp3) is 0.500. The number of nitrogens with one attached hydrogen (secondary N) is 1. The number of hydrogen-bond donors (Lipinski definition) is 2. The molecule has 1 aromatic carbocycles. The molecule has 6 heteroatoms. The molecule has 110 valence electrons. The van der Waals surface area contributed by atoms with Crippen molar-refractivity contribution in [2.45, 2.75) is 31.9 Å². The van der Waals surface area contributed by atoms with Gasteiger partial charge in [-0.2, -0.15) is 0 Å². The van der Waals surface area contributed by atoms with Crippen molar-refractivity contribution in [1.29, 1.82) is 0 Å². The van der Waals surface area contributed by atoms with Crippen LogP contribution in [0.15, 0.2) is 18.2 Å². The summed E-state index contributed by atoms with van der Waals surface area (Å²) in [4.78, 5) is 11.8. The van der Waals surface area contributed by atoms with E-state index in [1.54, 1.807) is 6.92 Å². The minimum atomic E-state index is -1.01. The van der Waals surface area contributed by atoms with E-state index in [-0.39, 0.29) is 17.7 Å². The van der Waals surface area contributed by atoms with Crippen LogP contribution in [0.5, 0.6) is 5.75 Å².